The Balaban J connectivity index is 1.39. The molecule has 0 N–H and O–H groups in total. The predicted octanol–water partition coefficient (Wildman–Crippen LogP) is 4.33. The van der Waals surface area contributed by atoms with Crippen molar-refractivity contribution >= 4 is 23.3 Å². The zero-order valence-corrected chi connectivity index (χ0v) is 14.2. The minimum absolute atomic E-state index is 0.754. The molecule has 114 valence electrons. The highest BCUT2D eigenvalue weighted by atomic mass is 32.2. The lowest BCUT2D eigenvalue weighted by Crippen LogP contribution is -2.54. The second-order valence-electron chi connectivity index (χ2n) is 6.71. The molecule has 4 heteroatoms. The Morgan fingerprint density at radius 2 is 1.95 bits per heavy atom. The molecule has 0 unspecified atom stereocenters. The molecule has 4 aliphatic heterocycles. The summed E-state index contributed by atoms with van der Waals surface area (Å²) in [7, 11) is 0. The van der Waals surface area contributed by atoms with E-state index in [-0.39, 0.29) is 0 Å². The second kappa shape index (κ2) is 5.38. The highest BCUT2D eigenvalue weighted by molar-refractivity contribution is 7.97. The molecule has 6 rings (SSSR count). The van der Waals surface area contributed by atoms with E-state index in [1.54, 1.807) is 11.3 Å². The minimum atomic E-state index is 0.754. The van der Waals surface area contributed by atoms with Crippen molar-refractivity contribution in [3.8, 4) is 11.1 Å². The SMILES string of the molecule is c1cc(-c2ccc3c(c2)SN([C@H]2CN4CCC2CC4)C3)cs1. The first-order valence-corrected chi connectivity index (χ1v) is 9.91. The Labute approximate surface area is 140 Å². The number of hydrogen-bond acceptors (Lipinski definition) is 4. The van der Waals surface area contributed by atoms with Gasteiger partial charge in [0.1, 0.15) is 0 Å². The minimum Gasteiger partial charge on any atom is -0.302 e. The molecule has 2 aromatic rings. The number of rotatable bonds is 2. The van der Waals surface area contributed by atoms with Crippen LogP contribution in [0.2, 0.25) is 0 Å². The third-order valence-corrected chi connectivity index (χ3v) is 7.35. The van der Waals surface area contributed by atoms with Crippen LogP contribution in [0.1, 0.15) is 18.4 Å². The fourth-order valence-corrected chi connectivity index (χ4v) is 6.07. The van der Waals surface area contributed by atoms with Gasteiger partial charge < -0.3 is 4.90 Å². The lowest BCUT2D eigenvalue weighted by molar-refractivity contribution is 0.0420. The van der Waals surface area contributed by atoms with Gasteiger partial charge in [0.2, 0.25) is 0 Å². The van der Waals surface area contributed by atoms with Crippen molar-refractivity contribution in [1.29, 1.82) is 0 Å². The third-order valence-electron chi connectivity index (χ3n) is 5.46. The predicted molar refractivity (Wildman–Crippen MR) is 94.1 cm³/mol. The van der Waals surface area contributed by atoms with E-state index in [0.717, 1.165) is 18.5 Å². The molecule has 0 saturated carbocycles. The van der Waals surface area contributed by atoms with Crippen molar-refractivity contribution in [2.75, 3.05) is 19.6 Å². The molecule has 3 saturated heterocycles. The van der Waals surface area contributed by atoms with Crippen LogP contribution >= 0.6 is 23.3 Å². The van der Waals surface area contributed by atoms with E-state index < -0.39 is 0 Å². The van der Waals surface area contributed by atoms with Gasteiger partial charge in [-0.15, -0.1) is 0 Å². The monoisotopic (exact) mass is 328 g/mol. The van der Waals surface area contributed by atoms with Gasteiger partial charge in [0, 0.05) is 24.0 Å². The molecule has 1 aromatic heterocycles. The summed E-state index contributed by atoms with van der Waals surface area (Å²) in [4.78, 5) is 4.13. The van der Waals surface area contributed by atoms with Crippen LogP contribution in [0.5, 0.6) is 0 Å². The number of hydrogen-bond donors (Lipinski definition) is 0. The number of fused-ring (bicyclic) bond motifs is 4. The van der Waals surface area contributed by atoms with Crippen LogP contribution < -0.4 is 0 Å². The Bertz CT molecular complexity index is 674. The Kier molecular flexibility index (Phi) is 3.33. The highest BCUT2D eigenvalue weighted by Gasteiger charge is 2.39. The van der Waals surface area contributed by atoms with Crippen molar-refractivity contribution < 1.29 is 0 Å². The summed E-state index contributed by atoms with van der Waals surface area (Å²) in [5.74, 6) is 0.920. The van der Waals surface area contributed by atoms with Crippen LogP contribution in [0.3, 0.4) is 0 Å². The number of nitrogens with zero attached hydrogens (tertiary/aromatic N) is 2. The van der Waals surface area contributed by atoms with Gasteiger partial charge in [-0.2, -0.15) is 11.3 Å². The smallest absolute Gasteiger partial charge is 0.0366 e. The van der Waals surface area contributed by atoms with Gasteiger partial charge in [0.15, 0.2) is 0 Å². The van der Waals surface area contributed by atoms with Gasteiger partial charge in [-0.1, -0.05) is 12.1 Å². The maximum absolute atomic E-state index is 2.66. The standard InChI is InChI=1S/C18H20N2S2/c1-2-15-10-20(17-11-19-6-3-13(17)4-7-19)22-18(15)9-14(1)16-5-8-21-12-16/h1-2,5,8-9,12-13,17H,3-4,6-7,10-11H2/t17-/m0/s1. The molecule has 5 heterocycles. The first-order valence-electron chi connectivity index (χ1n) is 8.19. The first-order chi connectivity index (χ1) is 10.9. The fourth-order valence-electron chi connectivity index (χ4n) is 4.15. The molecule has 0 amide bonds. The summed E-state index contributed by atoms with van der Waals surface area (Å²) in [5.41, 5.74) is 4.23. The molecule has 1 aromatic carbocycles. The molecule has 4 aliphatic rings. The number of thiophene rings is 1. The molecular formula is C18H20N2S2. The van der Waals surface area contributed by atoms with E-state index in [4.69, 9.17) is 0 Å². The summed E-state index contributed by atoms with van der Waals surface area (Å²) in [6.45, 7) is 5.06. The average molecular weight is 329 g/mol. The molecule has 0 radical (unpaired) electrons. The molecule has 0 spiro atoms. The molecule has 22 heavy (non-hydrogen) atoms. The van der Waals surface area contributed by atoms with Gasteiger partial charge in [-0.05, 0) is 83.4 Å². The van der Waals surface area contributed by atoms with E-state index >= 15 is 0 Å². The van der Waals surface area contributed by atoms with Gasteiger partial charge in [-0.3, -0.25) is 0 Å². The molecule has 2 bridgehead atoms. The summed E-state index contributed by atoms with van der Waals surface area (Å²) >= 11 is 3.78. The van der Waals surface area contributed by atoms with Gasteiger partial charge in [-0.25, -0.2) is 4.31 Å². The largest absolute Gasteiger partial charge is 0.302 e. The fraction of sp³-hybridized carbons (Fsp3) is 0.444. The molecular weight excluding hydrogens is 308 g/mol. The molecule has 2 nitrogen and oxygen atoms in total. The van der Waals surface area contributed by atoms with E-state index in [9.17, 15) is 0 Å². The van der Waals surface area contributed by atoms with Crippen LogP contribution in [0, 0.1) is 5.92 Å². The third kappa shape index (κ3) is 2.24. The van der Waals surface area contributed by atoms with Gasteiger partial charge in [0.05, 0.1) is 0 Å². The number of piperidine rings is 3. The van der Waals surface area contributed by atoms with Crippen molar-refractivity contribution in [2.24, 2.45) is 5.92 Å². The van der Waals surface area contributed by atoms with Crippen LogP contribution in [0.15, 0.2) is 39.9 Å². The maximum atomic E-state index is 2.66. The zero-order valence-electron chi connectivity index (χ0n) is 12.6. The lowest BCUT2D eigenvalue weighted by atomic mass is 9.84. The van der Waals surface area contributed by atoms with E-state index in [1.807, 2.05) is 11.9 Å². The Morgan fingerprint density at radius 3 is 2.68 bits per heavy atom. The second-order valence-corrected chi connectivity index (χ2v) is 8.58. The van der Waals surface area contributed by atoms with Crippen LogP contribution in [0.4, 0.5) is 0 Å². The topological polar surface area (TPSA) is 6.48 Å². The van der Waals surface area contributed by atoms with Crippen LogP contribution in [-0.4, -0.2) is 34.9 Å². The number of benzene rings is 1. The van der Waals surface area contributed by atoms with Crippen LogP contribution in [-0.2, 0) is 6.54 Å². The average Bonchev–Trinajstić information content (AvgIpc) is 3.24. The summed E-state index contributed by atoms with van der Waals surface area (Å²) in [6, 6.07) is 10.0. The van der Waals surface area contributed by atoms with E-state index in [0.29, 0.717) is 0 Å². The quantitative estimate of drug-likeness (QED) is 0.758. The van der Waals surface area contributed by atoms with Crippen molar-refractivity contribution in [3.05, 3.63) is 40.6 Å². The summed E-state index contributed by atoms with van der Waals surface area (Å²) in [6.07, 6.45) is 2.80. The van der Waals surface area contributed by atoms with Gasteiger partial charge >= 0.3 is 0 Å². The summed E-state index contributed by atoms with van der Waals surface area (Å²) in [5, 5.41) is 4.40. The Morgan fingerprint density at radius 1 is 1.05 bits per heavy atom. The molecule has 0 aliphatic carbocycles. The first kappa shape index (κ1) is 13.6. The highest BCUT2D eigenvalue weighted by Crippen LogP contribution is 2.44. The maximum Gasteiger partial charge on any atom is 0.0366 e. The van der Waals surface area contributed by atoms with E-state index in [2.05, 4.69) is 44.2 Å². The molecule has 3 fully saturated rings. The zero-order chi connectivity index (χ0) is 14.5. The normalized spacial score (nSPS) is 30.6. The van der Waals surface area contributed by atoms with Gasteiger partial charge in [0.25, 0.3) is 0 Å². The Hall–Kier alpha value is -0.810. The summed E-state index contributed by atoms with van der Waals surface area (Å²) < 4.78 is 2.66. The molecule has 1 atom stereocenters. The van der Waals surface area contributed by atoms with Crippen molar-refractivity contribution in [1.82, 2.24) is 9.21 Å². The van der Waals surface area contributed by atoms with Crippen LogP contribution in [0.25, 0.3) is 11.1 Å². The van der Waals surface area contributed by atoms with E-state index in [1.165, 1.54) is 54.1 Å². The lowest BCUT2D eigenvalue weighted by Gasteiger charge is -2.47. The van der Waals surface area contributed by atoms with Crippen molar-refractivity contribution in [3.63, 3.8) is 0 Å². The van der Waals surface area contributed by atoms with Crippen molar-refractivity contribution in [2.45, 2.75) is 30.3 Å².